The van der Waals surface area contributed by atoms with Crippen molar-refractivity contribution in [2.24, 2.45) is 29.6 Å². The number of thioether (sulfide) groups is 1. The average molecular weight is 672 g/mol. The number of carboxylic acids is 1. The number of ether oxygens (including phenoxy) is 1. The van der Waals surface area contributed by atoms with Gasteiger partial charge in [0, 0.05) is 45.3 Å². The van der Waals surface area contributed by atoms with Crippen LogP contribution in [0.2, 0.25) is 5.02 Å². The lowest BCUT2D eigenvalue weighted by Crippen LogP contribution is -2.42. The average Bonchev–Trinajstić information content (AvgIpc) is 3.73. The molecule has 3 amide bonds. The SMILES string of the molecule is O=C(O)CCCN1C(=O)C2C3CC(C2C1=O)C1C3Sc2[nH]c(=O)sc2[C@@H]1c1cc(Cl)ccc1OCC(=O)Nc1ccc(F)cc1. The summed E-state index contributed by atoms with van der Waals surface area (Å²) in [7, 11) is 0. The van der Waals surface area contributed by atoms with Crippen molar-refractivity contribution in [2.75, 3.05) is 18.5 Å². The van der Waals surface area contributed by atoms with E-state index in [2.05, 4.69) is 10.3 Å². The summed E-state index contributed by atoms with van der Waals surface area (Å²) in [6.07, 6.45) is 0.752. The van der Waals surface area contributed by atoms with Crippen molar-refractivity contribution < 1.29 is 33.4 Å². The molecule has 2 bridgehead atoms. The molecule has 2 aliphatic carbocycles. The molecule has 3 N–H and O–H groups in total. The fourth-order valence-electron chi connectivity index (χ4n) is 7.80. The van der Waals surface area contributed by atoms with Crippen LogP contribution in [0.15, 0.2) is 52.3 Å². The molecule has 6 unspecified atom stereocenters. The quantitative estimate of drug-likeness (QED) is 0.280. The lowest BCUT2D eigenvalue weighted by molar-refractivity contribution is -0.142. The van der Waals surface area contributed by atoms with Crippen LogP contribution >= 0.6 is 34.7 Å². The fraction of sp³-hybridized carbons (Fsp3) is 0.387. The second-order valence-corrected chi connectivity index (χ2v) is 14.5. The third-order valence-corrected chi connectivity index (χ3v) is 12.2. The number of carbonyl (C=O) groups is 4. The van der Waals surface area contributed by atoms with Crippen molar-refractivity contribution in [3.8, 4) is 5.75 Å². The first-order valence-corrected chi connectivity index (χ1v) is 16.6. The Balaban J connectivity index is 1.20. The first-order valence-electron chi connectivity index (χ1n) is 14.5. The topological polar surface area (TPSA) is 146 Å². The molecule has 10 nitrogen and oxygen atoms in total. The smallest absolute Gasteiger partial charge is 0.305 e. The largest absolute Gasteiger partial charge is 0.483 e. The van der Waals surface area contributed by atoms with Gasteiger partial charge < -0.3 is 20.1 Å². The van der Waals surface area contributed by atoms with E-state index in [1.54, 1.807) is 30.0 Å². The van der Waals surface area contributed by atoms with E-state index in [0.717, 1.165) is 21.2 Å². The summed E-state index contributed by atoms with van der Waals surface area (Å²) >= 11 is 9.15. The Labute approximate surface area is 269 Å². The highest BCUT2D eigenvalue weighted by molar-refractivity contribution is 8.00. The van der Waals surface area contributed by atoms with Crippen molar-refractivity contribution in [1.29, 1.82) is 0 Å². The predicted octanol–water partition coefficient (Wildman–Crippen LogP) is 4.58. The molecule has 3 fully saturated rings. The van der Waals surface area contributed by atoms with Gasteiger partial charge in [-0.05, 0) is 73.1 Å². The molecule has 14 heteroatoms. The zero-order valence-corrected chi connectivity index (χ0v) is 25.9. The van der Waals surface area contributed by atoms with E-state index < -0.39 is 29.5 Å². The highest BCUT2D eigenvalue weighted by atomic mass is 35.5. The maximum absolute atomic E-state index is 13.7. The summed E-state index contributed by atoms with van der Waals surface area (Å²) in [6.45, 7) is -0.262. The third-order valence-electron chi connectivity index (χ3n) is 9.38. The summed E-state index contributed by atoms with van der Waals surface area (Å²) in [5.74, 6) is -3.68. The molecule has 1 aromatic heterocycles. The molecule has 1 saturated heterocycles. The number of halogens is 2. The third kappa shape index (κ3) is 5.24. The minimum Gasteiger partial charge on any atom is -0.483 e. The Morgan fingerprint density at radius 1 is 1.09 bits per heavy atom. The highest BCUT2D eigenvalue weighted by Gasteiger charge is 2.69. The van der Waals surface area contributed by atoms with Crippen LogP contribution in [-0.4, -0.2) is 57.1 Å². The summed E-state index contributed by atoms with van der Waals surface area (Å²) < 4.78 is 19.3. The van der Waals surface area contributed by atoms with Gasteiger partial charge in [-0.2, -0.15) is 0 Å². The van der Waals surface area contributed by atoms with Gasteiger partial charge in [0.2, 0.25) is 11.8 Å². The summed E-state index contributed by atoms with van der Waals surface area (Å²) in [5.41, 5.74) is 1.10. The van der Waals surface area contributed by atoms with Gasteiger partial charge in [0.1, 0.15) is 11.6 Å². The number of carbonyl (C=O) groups excluding carboxylic acids is 3. The van der Waals surface area contributed by atoms with Crippen molar-refractivity contribution in [3.63, 3.8) is 0 Å². The Morgan fingerprint density at radius 3 is 2.56 bits per heavy atom. The van der Waals surface area contributed by atoms with Crippen LogP contribution in [0.4, 0.5) is 10.1 Å². The molecule has 0 spiro atoms. The van der Waals surface area contributed by atoms with Gasteiger partial charge in [0.05, 0.1) is 16.9 Å². The summed E-state index contributed by atoms with van der Waals surface area (Å²) in [5, 5.41) is 12.8. The first kappa shape index (κ1) is 30.0. The fourth-order valence-corrected chi connectivity index (χ4v) is 10.9. The van der Waals surface area contributed by atoms with E-state index in [1.165, 1.54) is 29.2 Å². The molecule has 3 heterocycles. The predicted molar refractivity (Wildman–Crippen MR) is 164 cm³/mol. The standard InChI is InChI=1S/C31H27ClFN3O7S2/c32-13-3-8-19(43-12-20(37)34-15-6-4-14(33)5-7-15)16(10-13)22-23-17-11-18(26(23)44-28-27(22)45-31(42)35-28)25-24(17)29(40)36(30(25)41)9-1-2-21(38)39/h3-8,10,17-18,22-26H,1-2,9,11-12H2,(H,34,37)(H,35,42)(H,38,39)/t17?,18?,22-,23?,24?,25?,26?/m1/s1. The number of imide groups is 1. The van der Waals surface area contributed by atoms with Gasteiger partial charge in [0.25, 0.3) is 5.91 Å². The number of rotatable bonds is 9. The van der Waals surface area contributed by atoms with Crippen LogP contribution in [0.1, 0.15) is 35.6 Å². The number of carboxylic acid groups (broad SMARTS) is 1. The van der Waals surface area contributed by atoms with Crippen molar-refractivity contribution in [1.82, 2.24) is 9.88 Å². The Kier molecular flexibility index (Phi) is 7.73. The van der Waals surface area contributed by atoms with Crippen LogP contribution in [0.25, 0.3) is 0 Å². The summed E-state index contributed by atoms with van der Waals surface area (Å²) in [6, 6.07) is 10.5. The molecule has 4 aliphatic rings. The van der Waals surface area contributed by atoms with Gasteiger partial charge in [-0.15, -0.1) is 11.8 Å². The zero-order valence-electron chi connectivity index (χ0n) is 23.5. The second kappa shape index (κ2) is 11.6. The molecule has 234 valence electrons. The van der Waals surface area contributed by atoms with E-state index in [1.807, 2.05) is 0 Å². The number of nitrogens with one attached hydrogen (secondary N) is 2. The normalized spacial score (nSPS) is 27.7. The van der Waals surface area contributed by atoms with E-state index in [0.29, 0.717) is 28.4 Å². The van der Waals surface area contributed by atoms with E-state index >= 15 is 0 Å². The molecular weight excluding hydrogens is 645 g/mol. The number of amides is 3. The maximum Gasteiger partial charge on any atom is 0.305 e. The van der Waals surface area contributed by atoms with Gasteiger partial charge >= 0.3 is 10.8 Å². The van der Waals surface area contributed by atoms with Gasteiger partial charge in [-0.25, -0.2) is 4.39 Å². The van der Waals surface area contributed by atoms with Crippen LogP contribution in [0, 0.1) is 35.4 Å². The van der Waals surface area contributed by atoms with E-state index in [4.69, 9.17) is 21.4 Å². The molecule has 2 aliphatic heterocycles. The van der Waals surface area contributed by atoms with Crippen LogP contribution in [-0.2, 0) is 19.2 Å². The Hall–Kier alpha value is -3.68. The number of likely N-dealkylation sites (tertiary alicyclic amines) is 1. The number of hydrogen-bond donors (Lipinski definition) is 3. The molecule has 2 aromatic carbocycles. The molecule has 3 aromatic rings. The molecular formula is C31H27ClFN3O7S2. The lowest BCUT2D eigenvalue weighted by Gasteiger charge is -2.43. The highest BCUT2D eigenvalue weighted by Crippen LogP contribution is 2.69. The van der Waals surface area contributed by atoms with Crippen molar-refractivity contribution in [3.05, 3.63) is 73.4 Å². The monoisotopic (exact) mass is 671 g/mol. The molecule has 2 saturated carbocycles. The zero-order chi connectivity index (χ0) is 31.6. The minimum atomic E-state index is -0.979. The number of aromatic amines is 1. The maximum atomic E-state index is 13.7. The number of thiazole rings is 1. The van der Waals surface area contributed by atoms with E-state index in [-0.39, 0.29) is 71.6 Å². The molecule has 7 atom stereocenters. The van der Waals surface area contributed by atoms with E-state index in [9.17, 15) is 28.4 Å². The molecule has 7 rings (SSSR count). The number of hydrogen-bond acceptors (Lipinski definition) is 8. The van der Waals surface area contributed by atoms with Crippen molar-refractivity contribution in [2.45, 2.75) is 35.5 Å². The number of aliphatic carboxylic acids is 1. The van der Waals surface area contributed by atoms with Gasteiger partial charge in [0.15, 0.2) is 6.61 Å². The number of fused-ring (bicyclic) bond motifs is 9. The number of anilines is 1. The van der Waals surface area contributed by atoms with Crippen LogP contribution in [0.3, 0.4) is 0 Å². The van der Waals surface area contributed by atoms with Gasteiger partial charge in [-0.1, -0.05) is 22.9 Å². The molecule has 0 radical (unpaired) electrons. The van der Waals surface area contributed by atoms with Crippen LogP contribution in [0.5, 0.6) is 5.75 Å². The van der Waals surface area contributed by atoms with Crippen molar-refractivity contribution >= 4 is 64.1 Å². The molecule has 45 heavy (non-hydrogen) atoms. The Morgan fingerprint density at radius 2 is 1.82 bits per heavy atom. The number of benzene rings is 2. The number of nitrogens with zero attached hydrogens (tertiary/aromatic N) is 1. The second-order valence-electron chi connectivity index (χ2n) is 11.8. The summed E-state index contributed by atoms with van der Waals surface area (Å²) in [4.78, 5) is 68.4. The van der Waals surface area contributed by atoms with Crippen LogP contribution < -0.4 is 14.9 Å². The lowest BCUT2D eigenvalue weighted by atomic mass is 9.68. The first-order chi connectivity index (χ1) is 21.6. The number of aromatic nitrogens is 1. The number of H-pyrrole nitrogens is 1. The Bertz CT molecular complexity index is 1780. The minimum absolute atomic E-state index is 0.0664. The van der Waals surface area contributed by atoms with Gasteiger partial charge in [-0.3, -0.25) is 28.9 Å².